The third kappa shape index (κ3) is 2.62. The third-order valence-corrected chi connectivity index (χ3v) is 4.73. The molecule has 1 N–H and O–H groups in total. The number of hydrogen-bond acceptors (Lipinski definition) is 6. The maximum atomic E-state index is 10.5. The fourth-order valence-corrected chi connectivity index (χ4v) is 3.62. The molecule has 1 atom stereocenters. The summed E-state index contributed by atoms with van der Waals surface area (Å²) in [5.74, 6) is 0.576. The van der Waals surface area contributed by atoms with Crippen LogP contribution in [0.15, 0.2) is 38.8 Å². The monoisotopic (exact) mass is 294 g/mol. The van der Waals surface area contributed by atoms with E-state index in [1.54, 1.807) is 11.8 Å². The maximum Gasteiger partial charge on any atom is 0.314 e. The smallest absolute Gasteiger partial charge is 0.314 e. The zero-order valence-electron chi connectivity index (χ0n) is 9.78. The molecule has 0 aliphatic carbocycles. The summed E-state index contributed by atoms with van der Waals surface area (Å²) in [6, 6.07) is 8.15. The Hall–Kier alpha value is -1.47. The standard InChI is InChI=1S/C12H10N2O3S2/c15-10(16)6-19-12-14-13-11(17-12)8-5-18-9-4-2-1-3-7(8)9/h1-4,8H,5-6H2,(H,15,16). The van der Waals surface area contributed by atoms with E-state index in [4.69, 9.17) is 9.52 Å². The highest BCUT2D eigenvalue weighted by atomic mass is 32.2. The van der Waals surface area contributed by atoms with Crippen LogP contribution in [-0.4, -0.2) is 32.8 Å². The highest BCUT2D eigenvalue weighted by Crippen LogP contribution is 2.42. The molecule has 0 spiro atoms. The van der Waals surface area contributed by atoms with Crippen molar-refractivity contribution in [1.29, 1.82) is 0 Å². The largest absolute Gasteiger partial charge is 0.481 e. The minimum Gasteiger partial charge on any atom is -0.481 e. The Morgan fingerprint density at radius 1 is 1.47 bits per heavy atom. The SMILES string of the molecule is O=C(O)CSc1nnc(C2CSc3ccccc32)o1. The van der Waals surface area contributed by atoms with Gasteiger partial charge in [0.25, 0.3) is 5.22 Å². The molecule has 1 aromatic heterocycles. The molecule has 1 unspecified atom stereocenters. The lowest BCUT2D eigenvalue weighted by atomic mass is 10.0. The fourth-order valence-electron chi connectivity index (χ4n) is 1.91. The van der Waals surface area contributed by atoms with Gasteiger partial charge < -0.3 is 9.52 Å². The number of nitrogens with zero attached hydrogens (tertiary/aromatic N) is 2. The molecule has 5 nitrogen and oxygen atoms in total. The quantitative estimate of drug-likeness (QED) is 0.868. The molecular weight excluding hydrogens is 284 g/mol. The van der Waals surface area contributed by atoms with Crippen molar-refractivity contribution in [2.75, 3.05) is 11.5 Å². The molecule has 0 bridgehead atoms. The number of carboxylic acids is 1. The Balaban J connectivity index is 1.79. The Kier molecular flexibility index (Phi) is 3.48. The number of fused-ring (bicyclic) bond motifs is 1. The molecule has 1 aromatic carbocycles. The van der Waals surface area contributed by atoms with Gasteiger partial charge in [-0.1, -0.05) is 30.0 Å². The minimum absolute atomic E-state index is 0.0718. The first-order valence-corrected chi connectivity index (χ1v) is 7.61. The van der Waals surface area contributed by atoms with Gasteiger partial charge in [-0.15, -0.1) is 22.0 Å². The van der Waals surface area contributed by atoms with E-state index in [0.29, 0.717) is 11.1 Å². The predicted octanol–water partition coefficient (Wildman–Crippen LogP) is 2.48. The Bertz CT molecular complexity index is 615. The summed E-state index contributed by atoms with van der Waals surface area (Å²) in [7, 11) is 0. The van der Waals surface area contributed by atoms with Gasteiger partial charge in [0.1, 0.15) is 5.75 Å². The molecule has 1 aliphatic rings. The molecule has 0 saturated carbocycles. The van der Waals surface area contributed by atoms with Crippen LogP contribution in [-0.2, 0) is 4.79 Å². The van der Waals surface area contributed by atoms with Crippen molar-refractivity contribution in [3.05, 3.63) is 35.7 Å². The van der Waals surface area contributed by atoms with Crippen LogP contribution in [0, 0.1) is 0 Å². The number of carbonyl (C=O) groups is 1. The van der Waals surface area contributed by atoms with Crippen LogP contribution < -0.4 is 0 Å². The second kappa shape index (κ2) is 5.26. The van der Waals surface area contributed by atoms with E-state index in [2.05, 4.69) is 22.3 Å². The van der Waals surface area contributed by atoms with E-state index in [1.165, 1.54) is 10.5 Å². The number of hydrogen-bond donors (Lipinski definition) is 1. The minimum atomic E-state index is -0.897. The van der Waals surface area contributed by atoms with Crippen molar-refractivity contribution in [3.63, 3.8) is 0 Å². The lowest BCUT2D eigenvalue weighted by Crippen LogP contribution is -1.99. The summed E-state index contributed by atoms with van der Waals surface area (Å²) in [5, 5.41) is 16.8. The summed E-state index contributed by atoms with van der Waals surface area (Å²) in [4.78, 5) is 11.7. The van der Waals surface area contributed by atoms with Gasteiger partial charge in [-0.05, 0) is 11.6 Å². The molecule has 0 fully saturated rings. The van der Waals surface area contributed by atoms with E-state index in [-0.39, 0.29) is 11.7 Å². The van der Waals surface area contributed by atoms with Gasteiger partial charge in [0, 0.05) is 10.6 Å². The number of benzene rings is 1. The first-order valence-electron chi connectivity index (χ1n) is 5.64. The van der Waals surface area contributed by atoms with E-state index in [1.807, 2.05) is 12.1 Å². The predicted molar refractivity (Wildman–Crippen MR) is 71.7 cm³/mol. The normalized spacial score (nSPS) is 17.4. The molecule has 0 radical (unpaired) electrons. The fraction of sp³-hybridized carbons (Fsp3) is 0.250. The lowest BCUT2D eigenvalue weighted by Gasteiger charge is -2.04. The Morgan fingerprint density at radius 3 is 3.16 bits per heavy atom. The van der Waals surface area contributed by atoms with Crippen LogP contribution in [0.5, 0.6) is 0 Å². The number of carboxylic acid groups (broad SMARTS) is 1. The summed E-state index contributed by atoms with van der Waals surface area (Å²) in [5.41, 5.74) is 1.20. The van der Waals surface area contributed by atoms with Gasteiger partial charge in [-0.3, -0.25) is 4.79 Å². The molecule has 2 aromatic rings. The molecule has 0 saturated heterocycles. The van der Waals surface area contributed by atoms with Gasteiger partial charge >= 0.3 is 5.97 Å². The van der Waals surface area contributed by atoms with Crippen molar-refractivity contribution in [2.45, 2.75) is 16.0 Å². The average Bonchev–Trinajstić information content (AvgIpc) is 3.02. The molecule has 7 heteroatoms. The summed E-state index contributed by atoms with van der Waals surface area (Å²) in [6.45, 7) is 0. The molecule has 3 rings (SSSR count). The van der Waals surface area contributed by atoms with Gasteiger partial charge in [-0.25, -0.2) is 0 Å². The van der Waals surface area contributed by atoms with Gasteiger partial charge in [0.2, 0.25) is 5.89 Å². The van der Waals surface area contributed by atoms with Crippen LogP contribution >= 0.6 is 23.5 Å². The highest BCUT2D eigenvalue weighted by Gasteiger charge is 2.28. The van der Waals surface area contributed by atoms with Crippen LogP contribution in [0.2, 0.25) is 0 Å². The first-order chi connectivity index (χ1) is 9.24. The topological polar surface area (TPSA) is 76.2 Å². The lowest BCUT2D eigenvalue weighted by molar-refractivity contribution is -0.133. The van der Waals surface area contributed by atoms with Gasteiger partial charge in [-0.2, -0.15) is 0 Å². The van der Waals surface area contributed by atoms with E-state index >= 15 is 0 Å². The second-order valence-electron chi connectivity index (χ2n) is 3.99. The molecule has 0 amide bonds. The van der Waals surface area contributed by atoms with Crippen molar-refractivity contribution in [1.82, 2.24) is 10.2 Å². The average molecular weight is 294 g/mol. The maximum absolute atomic E-state index is 10.5. The summed E-state index contributed by atoms with van der Waals surface area (Å²) in [6.07, 6.45) is 0. The van der Waals surface area contributed by atoms with E-state index in [9.17, 15) is 4.79 Å². The molecule has 19 heavy (non-hydrogen) atoms. The van der Waals surface area contributed by atoms with E-state index in [0.717, 1.165) is 17.5 Å². The molecule has 2 heterocycles. The van der Waals surface area contributed by atoms with Crippen LogP contribution in [0.25, 0.3) is 0 Å². The zero-order valence-corrected chi connectivity index (χ0v) is 11.4. The second-order valence-corrected chi connectivity index (χ2v) is 5.98. The van der Waals surface area contributed by atoms with Crippen LogP contribution in [0.4, 0.5) is 0 Å². The highest BCUT2D eigenvalue weighted by molar-refractivity contribution is 8.00. The number of thioether (sulfide) groups is 2. The number of aromatic nitrogens is 2. The Morgan fingerprint density at radius 2 is 2.32 bits per heavy atom. The van der Waals surface area contributed by atoms with Crippen molar-refractivity contribution >= 4 is 29.5 Å². The molecular formula is C12H10N2O3S2. The van der Waals surface area contributed by atoms with Crippen LogP contribution in [0.1, 0.15) is 17.4 Å². The van der Waals surface area contributed by atoms with Gasteiger partial charge in [0.15, 0.2) is 0 Å². The van der Waals surface area contributed by atoms with Crippen molar-refractivity contribution in [2.24, 2.45) is 0 Å². The van der Waals surface area contributed by atoms with E-state index < -0.39 is 5.97 Å². The van der Waals surface area contributed by atoms with Crippen LogP contribution in [0.3, 0.4) is 0 Å². The number of rotatable bonds is 4. The number of aliphatic carboxylic acids is 1. The first kappa shape index (κ1) is 12.6. The third-order valence-electron chi connectivity index (χ3n) is 2.74. The summed E-state index contributed by atoms with van der Waals surface area (Å²) < 4.78 is 5.54. The molecule has 1 aliphatic heterocycles. The Labute approximate surface area is 117 Å². The zero-order chi connectivity index (χ0) is 13.2. The van der Waals surface area contributed by atoms with Crippen molar-refractivity contribution < 1.29 is 14.3 Å². The molecule has 98 valence electrons. The summed E-state index contributed by atoms with van der Waals surface area (Å²) >= 11 is 2.81. The van der Waals surface area contributed by atoms with Crippen molar-refractivity contribution in [3.8, 4) is 0 Å². The van der Waals surface area contributed by atoms with Gasteiger partial charge in [0.05, 0.1) is 5.92 Å².